The predicted octanol–water partition coefficient (Wildman–Crippen LogP) is 3.56. The molecule has 0 fully saturated rings. The van der Waals surface area contributed by atoms with Crippen molar-refractivity contribution in [2.45, 2.75) is 32.7 Å². The number of pyridine rings is 1. The van der Waals surface area contributed by atoms with Crippen molar-refractivity contribution in [3.63, 3.8) is 0 Å². The molecule has 0 unspecified atom stereocenters. The molecule has 1 aromatic heterocycles. The van der Waals surface area contributed by atoms with Crippen LogP contribution in [0.4, 0.5) is 13.2 Å². The van der Waals surface area contributed by atoms with Gasteiger partial charge in [0, 0.05) is 18.7 Å². The Bertz CT molecular complexity index is 914. The van der Waals surface area contributed by atoms with Crippen molar-refractivity contribution in [2.75, 3.05) is 14.2 Å². The molecule has 1 heterocycles. The summed E-state index contributed by atoms with van der Waals surface area (Å²) in [5.74, 6) is -1.14. The van der Waals surface area contributed by atoms with Crippen LogP contribution in [-0.4, -0.2) is 36.9 Å². The number of rotatable bonds is 8. The van der Waals surface area contributed by atoms with E-state index in [9.17, 15) is 18.0 Å². The molecule has 0 radical (unpaired) electrons. The number of carbonyl (C=O) groups is 1. The van der Waals surface area contributed by atoms with E-state index in [0.29, 0.717) is 11.1 Å². The van der Waals surface area contributed by atoms with Crippen LogP contribution in [0.15, 0.2) is 41.6 Å². The van der Waals surface area contributed by atoms with E-state index < -0.39 is 23.5 Å². The third kappa shape index (κ3) is 5.85. The number of benzene rings is 1. The van der Waals surface area contributed by atoms with Gasteiger partial charge in [-0.2, -0.15) is 18.2 Å². The van der Waals surface area contributed by atoms with Crippen molar-refractivity contribution in [3.8, 4) is 11.8 Å². The minimum atomic E-state index is -4.66. The van der Waals surface area contributed by atoms with Crippen molar-refractivity contribution >= 4 is 11.6 Å². The summed E-state index contributed by atoms with van der Waals surface area (Å²) in [6.07, 6.45) is -4.94. The normalized spacial score (nSPS) is 11.9. The number of alkyl halides is 3. The average molecular weight is 425 g/mol. The molecule has 30 heavy (non-hydrogen) atoms. The lowest BCUT2D eigenvalue weighted by atomic mass is 10.0. The maximum Gasteiger partial charge on any atom is 0.421 e. The molecule has 0 saturated heterocycles. The topological polar surface area (TPSA) is 82.0 Å². The van der Waals surface area contributed by atoms with Gasteiger partial charge in [-0.1, -0.05) is 29.4 Å². The number of hydrogen-bond donors (Lipinski definition) is 1. The second-order valence-corrected chi connectivity index (χ2v) is 6.31. The zero-order valence-corrected chi connectivity index (χ0v) is 16.9. The van der Waals surface area contributed by atoms with E-state index in [0.717, 1.165) is 12.1 Å². The van der Waals surface area contributed by atoms with E-state index in [2.05, 4.69) is 15.5 Å². The van der Waals surface area contributed by atoms with E-state index in [-0.39, 0.29) is 24.3 Å². The molecule has 162 valence electrons. The van der Waals surface area contributed by atoms with Crippen LogP contribution in [0, 0.1) is 0 Å². The summed E-state index contributed by atoms with van der Waals surface area (Å²) >= 11 is 0. The molecule has 7 nitrogen and oxygen atoms in total. The maximum absolute atomic E-state index is 13.4. The van der Waals surface area contributed by atoms with Gasteiger partial charge in [0.1, 0.15) is 19.3 Å². The van der Waals surface area contributed by atoms with E-state index in [1.165, 1.54) is 14.2 Å². The molecule has 0 aliphatic carbocycles. The number of nitrogens with one attached hydrogen (secondary N) is 1. The highest BCUT2D eigenvalue weighted by molar-refractivity contribution is 6.45. The number of ether oxygens (including phenoxy) is 2. The van der Waals surface area contributed by atoms with Gasteiger partial charge in [0.25, 0.3) is 5.91 Å². The molecule has 1 N–H and O–H groups in total. The van der Waals surface area contributed by atoms with E-state index in [1.54, 1.807) is 38.1 Å². The van der Waals surface area contributed by atoms with Crippen LogP contribution in [0.25, 0.3) is 0 Å². The first-order valence-corrected chi connectivity index (χ1v) is 8.96. The van der Waals surface area contributed by atoms with Gasteiger partial charge in [0.2, 0.25) is 11.8 Å². The van der Waals surface area contributed by atoms with Gasteiger partial charge in [-0.15, -0.1) is 0 Å². The van der Waals surface area contributed by atoms with Crippen molar-refractivity contribution in [1.29, 1.82) is 0 Å². The Balaban J connectivity index is 2.40. The Hall–Kier alpha value is -3.30. The van der Waals surface area contributed by atoms with Gasteiger partial charge in [-0.05, 0) is 25.5 Å². The first-order valence-electron chi connectivity index (χ1n) is 8.96. The fourth-order valence-corrected chi connectivity index (χ4v) is 2.50. The van der Waals surface area contributed by atoms with Gasteiger partial charge in [-0.25, -0.2) is 0 Å². The van der Waals surface area contributed by atoms with Crippen LogP contribution in [0.5, 0.6) is 11.8 Å². The highest BCUT2D eigenvalue weighted by Gasteiger charge is 2.36. The Kier molecular flexibility index (Phi) is 7.62. The van der Waals surface area contributed by atoms with Crippen molar-refractivity contribution in [2.24, 2.45) is 5.16 Å². The minimum absolute atomic E-state index is 0.00767. The zero-order chi connectivity index (χ0) is 22.3. The summed E-state index contributed by atoms with van der Waals surface area (Å²) in [5, 5.41) is 6.15. The zero-order valence-electron chi connectivity index (χ0n) is 16.9. The van der Waals surface area contributed by atoms with Gasteiger partial charge in [0.05, 0.1) is 6.10 Å². The molecule has 0 bridgehead atoms. The second-order valence-electron chi connectivity index (χ2n) is 6.31. The molecule has 0 atom stereocenters. The fourth-order valence-electron chi connectivity index (χ4n) is 2.50. The van der Waals surface area contributed by atoms with Crippen LogP contribution in [0.3, 0.4) is 0 Å². The van der Waals surface area contributed by atoms with Gasteiger partial charge >= 0.3 is 6.18 Å². The molecule has 0 aliphatic rings. The highest BCUT2D eigenvalue weighted by Crippen LogP contribution is 2.36. The molecule has 0 spiro atoms. The largest absolute Gasteiger partial charge is 0.475 e. The van der Waals surface area contributed by atoms with Gasteiger partial charge < -0.3 is 19.6 Å². The van der Waals surface area contributed by atoms with Crippen LogP contribution in [-0.2, 0) is 22.4 Å². The number of hydrogen-bond acceptors (Lipinski definition) is 6. The summed E-state index contributed by atoms with van der Waals surface area (Å²) in [4.78, 5) is 20.7. The van der Waals surface area contributed by atoms with Crippen molar-refractivity contribution < 1.29 is 32.3 Å². The predicted molar refractivity (Wildman–Crippen MR) is 103 cm³/mol. The lowest BCUT2D eigenvalue weighted by Gasteiger charge is -2.16. The Morgan fingerprint density at radius 2 is 1.90 bits per heavy atom. The second kappa shape index (κ2) is 9.95. The molecular weight excluding hydrogens is 403 g/mol. The summed E-state index contributed by atoms with van der Waals surface area (Å²) < 4.78 is 50.9. The molecule has 0 aliphatic heterocycles. The lowest BCUT2D eigenvalue weighted by molar-refractivity contribution is -0.139. The molecular formula is C20H22F3N3O4. The monoisotopic (exact) mass is 425 g/mol. The summed E-state index contributed by atoms with van der Waals surface area (Å²) in [7, 11) is 2.70. The molecule has 1 aromatic carbocycles. The molecule has 0 saturated carbocycles. The third-order valence-corrected chi connectivity index (χ3v) is 3.76. The minimum Gasteiger partial charge on any atom is -0.475 e. The Morgan fingerprint density at radius 3 is 2.50 bits per heavy atom. The summed E-state index contributed by atoms with van der Waals surface area (Å²) in [6, 6.07) is 8.50. The van der Waals surface area contributed by atoms with E-state index in [1.807, 2.05) is 0 Å². The van der Waals surface area contributed by atoms with Crippen molar-refractivity contribution in [1.82, 2.24) is 10.3 Å². The van der Waals surface area contributed by atoms with Crippen molar-refractivity contribution in [3.05, 3.63) is 53.1 Å². The smallest absolute Gasteiger partial charge is 0.421 e. The number of carbonyl (C=O) groups excluding carboxylic acids is 1. The van der Waals surface area contributed by atoms with E-state index in [4.69, 9.17) is 14.3 Å². The third-order valence-electron chi connectivity index (χ3n) is 3.76. The SMILES string of the molecule is CNC(=O)/C(=N/OC)c1ccccc1COc1nc(OC(C)C)ccc1C(F)(F)F. The fraction of sp³-hybridized carbons (Fsp3) is 0.350. The number of halogens is 3. The number of amides is 1. The summed E-state index contributed by atoms with van der Waals surface area (Å²) in [6.45, 7) is 3.16. The number of aromatic nitrogens is 1. The lowest BCUT2D eigenvalue weighted by Crippen LogP contribution is -2.29. The number of oxime groups is 1. The molecule has 2 aromatic rings. The van der Waals surface area contributed by atoms with Gasteiger partial charge in [-0.3, -0.25) is 4.79 Å². The summed E-state index contributed by atoms with van der Waals surface area (Å²) in [5.41, 5.74) is -0.308. The maximum atomic E-state index is 13.4. The standard InChI is InChI=1S/C20H22F3N3O4/c1-12(2)30-16-10-9-15(20(21,22)23)19(25-16)29-11-13-7-5-6-8-14(13)17(26-28-4)18(27)24-3/h5-10,12H,11H2,1-4H3,(H,24,27)/b26-17+. The van der Waals surface area contributed by atoms with E-state index >= 15 is 0 Å². The quantitative estimate of drug-likeness (QED) is 0.517. The Morgan fingerprint density at radius 1 is 1.20 bits per heavy atom. The number of nitrogens with zero attached hydrogens (tertiary/aromatic N) is 2. The molecule has 10 heteroatoms. The molecule has 2 rings (SSSR count). The average Bonchev–Trinajstić information content (AvgIpc) is 2.69. The number of likely N-dealkylation sites (N-methyl/N-ethyl adjacent to an activating group) is 1. The molecule has 1 amide bonds. The van der Waals surface area contributed by atoms with Crippen LogP contribution in [0.1, 0.15) is 30.5 Å². The van der Waals surface area contributed by atoms with Crippen LogP contribution >= 0.6 is 0 Å². The first kappa shape index (κ1) is 23.0. The first-order chi connectivity index (χ1) is 14.2. The van der Waals surface area contributed by atoms with Gasteiger partial charge in [0.15, 0.2) is 5.71 Å². The van der Waals surface area contributed by atoms with Crippen LogP contribution in [0.2, 0.25) is 0 Å². The Labute approximate surface area is 171 Å². The van der Waals surface area contributed by atoms with Crippen LogP contribution < -0.4 is 14.8 Å². The highest BCUT2D eigenvalue weighted by atomic mass is 19.4.